The molecule has 2 nitrogen and oxygen atoms in total. The Balaban J connectivity index is 1.64. The Labute approximate surface area is 173 Å². The predicted octanol–water partition coefficient (Wildman–Crippen LogP) is 6.35. The maximum Gasteiger partial charge on any atom is 0.0784 e. The van der Waals surface area contributed by atoms with E-state index < -0.39 is 0 Å². The molecule has 146 valence electrons. The van der Waals surface area contributed by atoms with E-state index in [4.69, 9.17) is 10.7 Å². The summed E-state index contributed by atoms with van der Waals surface area (Å²) < 4.78 is 0. The third-order valence-corrected chi connectivity index (χ3v) is 6.54. The van der Waals surface area contributed by atoms with E-state index in [0.29, 0.717) is 0 Å². The van der Waals surface area contributed by atoms with Crippen molar-refractivity contribution in [2.45, 2.75) is 45.1 Å². The Kier molecular flexibility index (Phi) is 4.22. The van der Waals surface area contributed by atoms with Crippen LogP contribution in [0.1, 0.15) is 49.9 Å². The number of hydrogen-bond acceptors (Lipinski definition) is 2. The van der Waals surface area contributed by atoms with E-state index in [-0.39, 0.29) is 11.0 Å². The summed E-state index contributed by atoms with van der Waals surface area (Å²) in [5, 5.41) is 0. The second kappa shape index (κ2) is 6.67. The van der Waals surface area contributed by atoms with Gasteiger partial charge < -0.3 is 5.73 Å². The summed E-state index contributed by atoms with van der Waals surface area (Å²) in [5.41, 5.74) is 14.8. The standard InChI is InChI=1S/C27H28N2/c1-26(2)16-13-21-17-23(19-7-4-3-5-8-19)25(29-24(21)18-26)20-9-11-22(12-10-20)27(28)14-6-15-27/h3-5,7-13,16-17H,6,14-15,18,28H2,1-2H3. The van der Waals surface area contributed by atoms with Crippen molar-refractivity contribution in [3.05, 3.63) is 83.6 Å². The maximum absolute atomic E-state index is 6.53. The second-order valence-electron chi connectivity index (χ2n) is 9.37. The molecule has 0 bridgehead atoms. The Morgan fingerprint density at radius 2 is 1.62 bits per heavy atom. The molecule has 0 spiro atoms. The Hall–Kier alpha value is -2.71. The normalized spacial score (nSPS) is 18.7. The molecule has 0 saturated heterocycles. The fraction of sp³-hybridized carbons (Fsp3) is 0.296. The first kappa shape index (κ1) is 18.3. The second-order valence-corrected chi connectivity index (χ2v) is 9.37. The zero-order valence-electron chi connectivity index (χ0n) is 17.3. The van der Waals surface area contributed by atoms with E-state index in [2.05, 4.69) is 86.7 Å². The van der Waals surface area contributed by atoms with Crippen molar-refractivity contribution in [2.75, 3.05) is 0 Å². The van der Waals surface area contributed by atoms with Crippen LogP contribution in [0.2, 0.25) is 0 Å². The van der Waals surface area contributed by atoms with Crippen LogP contribution in [-0.4, -0.2) is 4.98 Å². The van der Waals surface area contributed by atoms with E-state index >= 15 is 0 Å². The average molecular weight is 381 g/mol. The molecule has 0 unspecified atom stereocenters. The molecule has 0 aliphatic heterocycles. The van der Waals surface area contributed by atoms with Crippen molar-refractivity contribution in [3.8, 4) is 22.4 Å². The van der Waals surface area contributed by atoms with Crippen molar-refractivity contribution in [1.82, 2.24) is 4.98 Å². The van der Waals surface area contributed by atoms with Crippen LogP contribution in [0.25, 0.3) is 28.5 Å². The number of hydrogen-bond donors (Lipinski definition) is 1. The lowest BCUT2D eigenvalue weighted by atomic mass is 9.72. The highest BCUT2D eigenvalue weighted by atomic mass is 14.8. The summed E-state index contributed by atoms with van der Waals surface area (Å²) >= 11 is 0. The van der Waals surface area contributed by atoms with E-state index in [1.54, 1.807) is 0 Å². The van der Waals surface area contributed by atoms with Crippen molar-refractivity contribution in [1.29, 1.82) is 0 Å². The van der Waals surface area contributed by atoms with Gasteiger partial charge in [-0.25, -0.2) is 0 Å². The van der Waals surface area contributed by atoms with Gasteiger partial charge in [-0.3, -0.25) is 4.98 Å². The lowest BCUT2D eigenvalue weighted by Crippen LogP contribution is -2.43. The highest BCUT2D eigenvalue weighted by Gasteiger charge is 2.34. The Morgan fingerprint density at radius 1 is 0.897 bits per heavy atom. The smallest absolute Gasteiger partial charge is 0.0784 e. The number of benzene rings is 2. The lowest BCUT2D eigenvalue weighted by Gasteiger charge is -2.38. The largest absolute Gasteiger partial charge is 0.321 e. The van der Waals surface area contributed by atoms with Gasteiger partial charge in [-0.2, -0.15) is 0 Å². The fourth-order valence-electron chi connectivity index (χ4n) is 4.52. The fourth-order valence-corrected chi connectivity index (χ4v) is 4.52. The van der Waals surface area contributed by atoms with Crippen LogP contribution < -0.4 is 5.73 Å². The molecule has 2 aromatic carbocycles. The van der Waals surface area contributed by atoms with Gasteiger partial charge >= 0.3 is 0 Å². The van der Waals surface area contributed by atoms with Crippen molar-refractivity contribution in [2.24, 2.45) is 11.1 Å². The van der Waals surface area contributed by atoms with E-state index in [9.17, 15) is 0 Å². The molecule has 0 amide bonds. The molecular formula is C27H28N2. The highest BCUT2D eigenvalue weighted by Crippen LogP contribution is 2.41. The number of fused-ring (bicyclic) bond motifs is 1. The SMILES string of the molecule is CC1(C)C=Cc2cc(-c3ccccc3)c(-c3ccc(C4(N)CCC4)cc3)nc2C1. The van der Waals surface area contributed by atoms with Crippen LogP contribution in [0, 0.1) is 5.41 Å². The minimum absolute atomic E-state index is 0.126. The van der Waals surface area contributed by atoms with Crippen LogP contribution in [-0.2, 0) is 12.0 Å². The third kappa shape index (κ3) is 3.32. The van der Waals surface area contributed by atoms with Crippen LogP contribution >= 0.6 is 0 Å². The van der Waals surface area contributed by atoms with E-state index in [0.717, 1.165) is 30.5 Å². The molecule has 1 saturated carbocycles. The van der Waals surface area contributed by atoms with Crippen LogP contribution in [0.3, 0.4) is 0 Å². The highest BCUT2D eigenvalue weighted by molar-refractivity contribution is 5.83. The molecule has 0 radical (unpaired) electrons. The topological polar surface area (TPSA) is 38.9 Å². The summed E-state index contributed by atoms with van der Waals surface area (Å²) in [7, 11) is 0. The predicted molar refractivity (Wildman–Crippen MR) is 121 cm³/mol. The van der Waals surface area contributed by atoms with Gasteiger partial charge in [0.1, 0.15) is 0 Å². The van der Waals surface area contributed by atoms with Gasteiger partial charge in [-0.1, -0.05) is 80.6 Å². The van der Waals surface area contributed by atoms with Gasteiger partial charge in [-0.15, -0.1) is 0 Å². The molecule has 2 aliphatic rings. The van der Waals surface area contributed by atoms with Gasteiger partial charge in [0.15, 0.2) is 0 Å². The Bertz CT molecular complexity index is 1070. The number of rotatable bonds is 3. The average Bonchev–Trinajstić information content (AvgIpc) is 2.71. The summed E-state index contributed by atoms with van der Waals surface area (Å²) in [6.45, 7) is 4.54. The quantitative estimate of drug-likeness (QED) is 0.575. The molecule has 1 heterocycles. The van der Waals surface area contributed by atoms with E-state index in [1.165, 1.54) is 34.4 Å². The molecule has 29 heavy (non-hydrogen) atoms. The molecule has 1 aromatic heterocycles. The number of nitrogens with zero attached hydrogens (tertiary/aromatic N) is 1. The van der Waals surface area contributed by atoms with Crippen LogP contribution in [0.5, 0.6) is 0 Å². The van der Waals surface area contributed by atoms with Crippen LogP contribution in [0.4, 0.5) is 0 Å². The van der Waals surface area contributed by atoms with Crippen molar-refractivity contribution >= 4 is 6.08 Å². The van der Waals surface area contributed by atoms with Gasteiger partial charge in [-0.05, 0) is 53.9 Å². The molecule has 5 rings (SSSR count). The summed E-state index contributed by atoms with van der Waals surface area (Å²) in [4.78, 5) is 5.20. The molecule has 2 heteroatoms. The van der Waals surface area contributed by atoms with Crippen LogP contribution in [0.15, 0.2) is 66.7 Å². The molecule has 2 aliphatic carbocycles. The van der Waals surface area contributed by atoms with Gasteiger partial charge in [0, 0.05) is 22.4 Å². The minimum Gasteiger partial charge on any atom is -0.321 e. The number of nitrogens with two attached hydrogens (primary N) is 1. The Morgan fingerprint density at radius 3 is 2.28 bits per heavy atom. The molecular weight excluding hydrogens is 352 g/mol. The van der Waals surface area contributed by atoms with Gasteiger partial charge in [0.2, 0.25) is 0 Å². The van der Waals surface area contributed by atoms with Crippen molar-refractivity contribution in [3.63, 3.8) is 0 Å². The number of pyridine rings is 1. The molecule has 1 fully saturated rings. The molecule has 0 atom stereocenters. The first-order valence-corrected chi connectivity index (χ1v) is 10.6. The summed E-state index contributed by atoms with van der Waals surface area (Å²) in [5.74, 6) is 0. The zero-order chi connectivity index (χ0) is 20.1. The zero-order valence-corrected chi connectivity index (χ0v) is 17.3. The van der Waals surface area contributed by atoms with Gasteiger partial charge in [0.05, 0.1) is 5.69 Å². The van der Waals surface area contributed by atoms with Crippen molar-refractivity contribution < 1.29 is 0 Å². The first-order valence-electron chi connectivity index (χ1n) is 10.6. The summed E-state index contributed by atoms with van der Waals surface area (Å²) in [6, 6.07) is 21.7. The number of aromatic nitrogens is 1. The monoisotopic (exact) mass is 380 g/mol. The number of allylic oxidation sites excluding steroid dienone is 1. The van der Waals surface area contributed by atoms with Gasteiger partial charge in [0.25, 0.3) is 0 Å². The van der Waals surface area contributed by atoms with E-state index in [1.807, 2.05) is 0 Å². The first-order chi connectivity index (χ1) is 13.9. The summed E-state index contributed by atoms with van der Waals surface area (Å²) in [6.07, 6.45) is 8.90. The maximum atomic E-state index is 6.53. The third-order valence-electron chi connectivity index (χ3n) is 6.54. The lowest BCUT2D eigenvalue weighted by molar-refractivity contribution is 0.253. The minimum atomic E-state index is -0.126. The molecule has 3 aromatic rings. The molecule has 2 N–H and O–H groups in total.